The Morgan fingerprint density at radius 1 is 1.69 bits per heavy atom. The van der Waals surface area contributed by atoms with Crippen LogP contribution in [0, 0.1) is 5.92 Å². The predicted molar refractivity (Wildman–Crippen MR) is 56.4 cm³/mol. The lowest BCUT2D eigenvalue weighted by Gasteiger charge is -2.32. The second-order valence-corrected chi connectivity index (χ2v) is 4.26. The summed E-state index contributed by atoms with van der Waals surface area (Å²) < 4.78 is 6.47. The fourth-order valence-corrected chi connectivity index (χ4v) is 1.84. The van der Waals surface area contributed by atoms with Crippen LogP contribution in [0.25, 0.3) is 0 Å². The Balaban J connectivity index is 1.93. The van der Waals surface area contributed by atoms with Crippen LogP contribution in [0.15, 0.2) is 6.20 Å². The molecule has 0 spiro atoms. The average Bonchev–Trinajstić information content (AvgIpc) is 2.64. The first kappa shape index (κ1) is 11.1. The molecule has 0 aliphatic heterocycles. The minimum absolute atomic E-state index is 0.0120. The molecule has 6 heteroatoms. The van der Waals surface area contributed by atoms with Gasteiger partial charge in [0.2, 0.25) is 0 Å². The number of nitrogens with two attached hydrogens (primary N) is 1. The van der Waals surface area contributed by atoms with Gasteiger partial charge in [0.05, 0.1) is 31.0 Å². The molecule has 2 N–H and O–H groups in total. The fraction of sp³-hybridized carbons (Fsp3) is 0.700. The molecule has 88 valence electrons. The fourth-order valence-electron chi connectivity index (χ4n) is 1.84. The second kappa shape index (κ2) is 4.21. The number of hydrogen-bond donors (Lipinski definition) is 1. The van der Waals surface area contributed by atoms with Crippen molar-refractivity contribution in [2.24, 2.45) is 11.7 Å². The van der Waals surface area contributed by atoms with Gasteiger partial charge in [-0.1, -0.05) is 5.21 Å². The molecule has 1 atom stereocenters. The van der Waals surface area contributed by atoms with Gasteiger partial charge in [0.25, 0.3) is 0 Å². The first-order valence-electron chi connectivity index (χ1n) is 5.37. The molecule has 1 fully saturated rings. The van der Waals surface area contributed by atoms with Gasteiger partial charge in [-0.05, 0) is 19.8 Å². The van der Waals surface area contributed by atoms with Gasteiger partial charge in [-0.2, -0.15) is 0 Å². The standard InChI is InChI=1S/C10H16N4O2/c1-6(11)9-5-14(13-12-9)8-3-7(4-8)10(15)16-2/h5-8H,3-4,11H2,1-2H3. The molecule has 0 bridgehead atoms. The third-order valence-electron chi connectivity index (χ3n) is 3.02. The summed E-state index contributed by atoms with van der Waals surface area (Å²) in [5.41, 5.74) is 6.47. The van der Waals surface area contributed by atoms with E-state index in [1.54, 1.807) is 4.68 Å². The summed E-state index contributed by atoms with van der Waals surface area (Å²) in [4.78, 5) is 11.2. The van der Waals surface area contributed by atoms with E-state index in [2.05, 4.69) is 15.0 Å². The van der Waals surface area contributed by atoms with Crippen LogP contribution in [0.5, 0.6) is 0 Å². The Bertz CT molecular complexity index is 382. The van der Waals surface area contributed by atoms with Crippen molar-refractivity contribution in [3.63, 3.8) is 0 Å². The van der Waals surface area contributed by atoms with Gasteiger partial charge in [-0.3, -0.25) is 4.79 Å². The molecule has 1 aliphatic rings. The smallest absolute Gasteiger partial charge is 0.308 e. The van der Waals surface area contributed by atoms with Gasteiger partial charge >= 0.3 is 5.97 Å². The van der Waals surface area contributed by atoms with Crippen LogP contribution in [0.2, 0.25) is 0 Å². The minimum Gasteiger partial charge on any atom is -0.469 e. The number of methoxy groups -OCH3 is 1. The highest BCUT2D eigenvalue weighted by Gasteiger charge is 2.37. The molecule has 0 aromatic carbocycles. The maximum absolute atomic E-state index is 11.2. The Labute approximate surface area is 93.8 Å². The summed E-state index contributed by atoms with van der Waals surface area (Å²) in [5.74, 6) is -0.123. The molecule has 1 heterocycles. The van der Waals surface area contributed by atoms with E-state index in [1.807, 2.05) is 13.1 Å². The third-order valence-corrected chi connectivity index (χ3v) is 3.02. The average molecular weight is 224 g/mol. The molecule has 1 aromatic rings. The first-order valence-corrected chi connectivity index (χ1v) is 5.37. The van der Waals surface area contributed by atoms with E-state index < -0.39 is 0 Å². The Morgan fingerprint density at radius 3 is 2.88 bits per heavy atom. The largest absolute Gasteiger partial charge is 0.469 e. The monoisotopic (exact) mass is 224 g/mol. The van der Waals surface area contributed by atoms with Gasteiger partial charge in [0.1, 0.15) is 0 Å². The number of nitrogens with zero attached hydrogens (tertiary/aromatic N) is 3. The van der Waals surface area contributed by atoms with Gasteiger partial charge in [-0.15, -0.1) is 5.10 Å². The maximum Gasteiger partial charge on any atom is 0.308 e. The van der Waals surface area contributed by atoms with Gasteiger partial charge in [0.15, 0.2) is 0 Å². The van der Waals surface area contributed by atoms with Crippen molar-refractivity contribution in [1.29, 1.82) is 0 Å². The lowest BCUT2D eigenvalue weighted by Crippen LogP contribution is -2.33. The van der Waals surface area contributed by atoms with Crippen molar-refractivity contribution >= 4 is 5.97 Å². The summed E-state index contributed by atoms with van der Waals surface area (Å²) in [6.07, 6.45) is 3.39. The highest BCUT2D eigenvalue weighted by Crippen LogP contribution is 2.37. The summed E-state index contributed by atoms with van der Waals surface area (Å²) in [6, 6.07) is 0.148. The molecular formula is C10H16N4O2. The van der Waals surface area contributed by atoms with Crippen LogP contribution in [-0.4, -0.2) is 28.1 Å². The van der Waals surface area contributed by atoms with Crippen molar-refractivity contribution in [1.82, 2.24) is 15.0 Å². The number of ether oxygens (including phenoxy) is 1. The van der Waals surface area contributed by atoms with Crippen LogP contribution in [0.1, 0.15) is 37.5 Å². The molecule has 1 saturated carbocycles. The van der Waals surface area contributed by atoms with E-state index in [0.717, 1.165) is 18.5 Å². The zero-order valence-electron chi connectivity index (χ0n) is 9.46. The molecule has 1 aliphatic carbocycles. The van der Waals surface area contributed by atoms with Crippen LogP contribution < -0.4 is 5.73 Å². The second-order valence-electron chi connectivity index (χ2n) is 4.26. The van der Waals surface area contributed by atoms with Gasteiger partial charge < -0.3 is 10.5 Å². The highest BCUT2D eigenvalue weighted by molar-refractivity contribution is 5.73. The summed E-state index contributed by atoms with van der Waals surface area (Å²) in [6.45, 7) is 1.87. The Kier molecular flexibility index (Phi) is 2.91. The van der Waals surface area contributed by atoms with Crippen LogP contribution in [0.4, 0.5) is 0 Å². The maximum atomic E-state index is 11.2. The Morgan fingerprint density at radius 2 is 2.38 bits per heavy atom. The number of aromatic nitrogens is 3. The lowest BCUT2D eigenvalue weighted by molar-refractivity contribution is -0.149. The van der Waals surface area contributed by atoms with E-state index in [0.29, 0.717) is 0 Å². The quantitative estimate of drug-likeness (QED) is 0.752. The van der Waals surface area contributed by atoms with Gasteiger partial charge in [0, 0.05) is 6.04 Å². The van der Waals surface area contributed by atoms with Crippen LogP contribution in [-0.2, 0) is 9.53 Å². The van der Waals surface area contributed by atoms with Crippen molar-refractivity contribution in [2.45, 2.75) is 31.8 Å². The number of rotatable bonds is 3. The lowest BCUT2D eigenvalue weighted by atomic mass is 9.80. The summed E-state index contributed by atoms with van der Waals surface area (Å²) in [5, 5.41) is 7.99. The molecule has 0 amide bonds. The number of carbonyl (C=O) groups excluding carboxylic acids is 1. The van der Waals surface area contributed by atoms with Crippen molar-refractivity contribution in [3.05, 3.63) is 11.9 Å². The predicted octanol–water partition coefficient (Wildman–Crippen LogP) is 0.422. The van der Waals surface area contributed by atoms with Crippen LogP contribution >= 0.6 is 0 Å². The van der Waals surface area contributed by atoms with E-state index >= 15 is 0 Å². The molecule has 6 nitrogen and oxygen atoms in total. The molecule has 1 aromatic heterocycles. The molecule has 16 heavy (non-hydrogen) atoms. The molecular weight excluding hydrogens is 208 g/mol. The van der Waals surface area contributed by atoms with E-state index in [-0.39, 0.29) is 24.0 Å². The number of carbonyl (C=O) groups is 1. The van der Waals surface area contributed by atoms with Crippen molar-refractivity contribution < 1.29 is 9.53 Å². The van der Waals surface area contributed by atoms with Crippen molar-refractivity contribution in [3.8, 4) is 0 Å². The minimum atomic E-state index is -0.135. The SMILES string of the molecule is COC(=O)C1CC(n2cc(C(C)N)nn2)C1. The van der Waals surface area contributed by atoms with E-state index in [9.17, 15) is 4.79 Å². The number of hydrogen-bond acceptors (Lipinski definition) is 5. The van der Waals surface area contributed by atoms with Gasteiger partial charge in [-0.25, -0.2) is 4.68 Å². The zero-order chi connectivity index (χ0) is 11.7. The Hall–Kier alpha value is -1.43. The normalized spacial score (nSPS) is 25.9. The zero-order valence-corrected chi connectivity index (χ0v) is 9.46. The van der Waals surface area contributed by atoms with Crippen LogP contribution in [0.3, 0.4) is 0 Å². The van der Waals surface area contributed by atoms with E-state index in [4.69, 9.17) is 5.73 Å². The summed E-state index contributed by atoms with van der Waals surface area (Å²) in [7, 11) is 1.42. The first-order chi connectivity index (χ1) is 7.61. The third kappa shape index (κ3) is 1.92. The highest BCUT2D eigenvalue weighted by atomic mass is 16.5. The summed E-state index contributed by atoms with van der Waals surface area (Å²) >= 11 is 0. The molecule has 2 rings (SSSR count). The van der Waals surface area contributed by atoms with E-state index in [1.165, 1.54) is 7.11 Å². The van der Waals surface area contributed by atoms with Crippen molar-refractivity contribution in [2.75, 3.05) is 7.11 Å². The number of esters is 1. The molecule has 1 unspecified atom stereocenters. The molecule has 0 saturated heterocycles. The molecule has 0 radical (unpaired) electrons. The topological polar surface area (TPSA) is 83.0 Å².